The molecular weight excluding hydrogens is 202 g/mol. The van der Waals surface area contributed by atoms with Crippen LogP contribution in [-0.2, 0) is 9.53 Å². The Hall–Kier alpha value is -1.77. The molecule has 3 nitrogen and oxygen atoms in total. The van der Waals surface area contributed by atoms with E-state index in [1.807, 2.05) is 38.1 Å². The molecule has 0 spiro atoms. The van der Waals surface area contributed by atoms with E-state index in [0.29, 0.717) is 13.0 Å². The quantitative estimate of drug-likeness (QED) is 0.611. The van der Waals surface area contributed by atoms with Crippen LogP contribution in [0.25, 0.3) is 0 Å². The number of hydrogen-bond donors (Lipinski definition) is 1. The van der Waals surface area contributed by atoms with Crippen LogP contribution in [0.1, 0.15) is 18.9 Å². The highest BCUT2D eigenvalue weighted by molar-refractivity contribution is 5.91. The highest BCUT2D eigenvalue weighted by atomic mass is 16.5. The molecule has 0 aromatic heterocycles. The zero-order chi connectivity index (χ0) is 11.5. The van der Waals surface area contributed by atoms with Crippen molar-refractivity contribution in [3.8, 4) is 0 Å². The van der Waals surface area contributed by atoms with Gasteiger partial charge in [-0.05, 0) is 26.0 Å². The molecule has 0 atom stereocenters. The number of allylic oxidation sites excluding steroid dienone is 1. The molecule has 1 aliphatic rings. The third kappa shape index (κ3) is 2.24. The van der Waals surface area contributed by atoms with Crippen molar-refractivity contribution in [1.82, 2.24) is 0 Å². The van der Waals surface area contributed by atoms with E-state index >= 15 is 0 Å². The molecule has 0 aliphatic carbocycles. The minimum Gasteiger partial charge on any atom is -0.462 e. The monoisotopic (exact) mass is 217 g/mol. The Morgan fingerprint density at radius 3 is 2.56 bits per heavy atom. The van der Waals surface area contributed by atoms with Gasteiger partial charge in [0.25, 0.3) is 0 Å². The summed E-state index contributed by atoms with van der Waals surface area (Å²) in [6, 6.07) is 8.07. The molecule has 16 heavy (non-hydrogen) atoms. The predicted octanol–water partition coefficient (Wildman–Crippen LogP) is 2.63. The maximum absolute atomic E-state index is 11.3. The summed E-state index contributed by atoms with van der Waals surface area (Å²) in [7, 11) is 0. The number of anilines is 1. The molecule has 2 rings (SSSR count). The zero-order valence-corrected chi connectivity index (χ0v) is 9.54. The molecule has 84 valence electrons. The number of carbonyl (C=O) groups is 1. The van der Waals surface area contributed by atoms with Crippen molar-refractivity contribution < 1.29 is 9.53 Å². The lowest BCUT2D eigenvalue weighted by atomic mass is 10.1. The van der Waals surface area contributed by atoms with Crippen molar-refractivity contribution >= 4 is 11.7 Å². The number of hydrogen-bond acceptors (Lipinski definition) is 3. The van der Waals surface area contributed by atoms with Gasteiger partial charge in [-0.1, -0.05) is 17.7 Å². The summed E-state index contributed by atoms with van der Waals surface area (Å²) in [6.07, 6.45) is 0.698. The summed E-state index contributed by atoms with van der Waals surface area (Å²) >= 11 is 0. The summed E-state index contributed by atoms with van der Waals surface area (Å²) < 4.78 is 4.91. The average molecular weight is 217 g/mol. The maximum Gasteiger partial charge on any atom is 0.335 e. The Morgan fingerprint density at radius 2 is 2.00 bits per heavy atom. The Kier molecular flexibility index (Phi) is 2.95. The molecule has 1 heterocycles. The smallest absolute Gasteiger partial charge is 0.335 e. The van der Waals surface area contributed by atoms with E-state index in [0.717, 1.165) is 17.0 Å². The lowest BCUT2D eigenvalue weighted by molar-refractivity contribution is -0.135. The van der Waals surface area contributed by atoms with Gasteiger partial charge < -0.3 is 10.1 Å². The van der Waals surface area contributed by atoms with Crippen LogP contribution < -0.4 is 5.32 Å². The first-order chi connectivity index (χ1) is 7.66. The fraction of sp³-hybridized carbons (Fsp3) is 0.308. The Balaban J connectivity index is 2.15. The normalized spacial score (nSPS) is 18.2. The van der Waals surface area contributed by atoms with E-state index in [4.69, 9.17) is 4.74 Å². The number of benzene rings is 1. The van der Waals surface area contributed by atoms with Crippen LogP contribution in [0.4, 0.5) is 5.69 Å². The Bertz CT molecular complexity index is 432. The van der Waals surface area contributed by atoms with Crippen molar-refractivity contribution in [1.29, 1.82) is 0 Å². The number of ether oxygens (including phenoxy) is 1. The van der Waals surface area contributed by atoms with Gasteiger partial charge in [0.1, 0.15) is 0 Å². The predicted molar refractivity (Wildman–Crippen MR) is 63.1 cm³/mol. The third-order valence-corrected chi connectivity index (χ3v) is 2.67. The molecule has 1 saturated heterocycles. The SMILES string of the molecule is C/C(Nc1ccc(C)cc1)=C1/CCOC1=O. The fourth-order valence-electron chi connectivity index (χ4n) is 1.70. The van der Waals surface area contributed by atoms with Crippen LogP contribution in [0, 0.1) is 6.92 Å². The minimum absolute atomic E-state index is 0.197. The molecule has 0 saturated carbocycles. The zero-order valence-electron chi connectivity index (χ0n) is 9.54. The van der Waals surface area contributed by atoms with Crippen LogP contribution in [0.3, 0.4) is 0 Å². The van der Waals surface area contributed by atoms with E-state index in [1.165, 1.54) is 5.56 Å². The molecule has 1 aromatic carbocycles. The van der Waals surface area contributed by atoms with Crippen molar-refractivity contribution in [2.24, 2.45) is 0 Å². The third-order valence-electron chi connectivity index (χ3n) is 2.67. The summed E-state index contributed by atoms with van der Waals surface area (Å²) in [4.78, 5) is 11.3. The molecule has 0 amide bonds. The fourth-order valence-corrected chi connectivity index (χ4v) is 1.70. The van der Waals surface area contributed by atoms with E-state index in [1.54, 1.807) is 0 Å². The first kappa shape index (κ1) is 10.7. The number of esters is 1. The van der Waals surface area contributed by atoms with E-state index in [-0.39, 0.29) is 5.97 Å². The standard InChI is InChI=1S/C13H15NO2/c1-9-3-5-11(6-4-9)14-10(2)12-7-8-16-13(12)15/h3-6,14H,7-8H2,1-2H3/b12-10+. The van der Waals surface area contributed by atoms with Crippen LogP contribution in [0.15, 0.2) is 35.5 Å². The summed E-state index contributed by atoms with van der Waals surface area (Å²) in [5.41, 5.74) is 3.85. The van der Waals surface area contributed by atoms with Crippen LogP contribution in [0.2, 0.25) is 0 Å². The Labute approximate surface area is 95.1 Å². The lowest BCUT2D eigenvalue weighted by Gasteiger charge is -2.08. The van der Waals surface area contributed by atoms with Gasteiger partial charge in [-0.15, -0.1) is 0 Å². The number of aryl methyl sites for hydroxylation is 1. The van der Waals surface area contributed by atoms with Crippen LogP contribution >= 0.6 is 0 Å². The van der Waals surface area contributed by atoms with Gasteiger partial charge in [0.05, 0.1) is 12.2 Å². The van der Waals surface area contributed by atoms with Gasteiger partial charge in [0.15, 0.2) is 0 Å². The molecule has 0 bridgehead atoms. The Morgan fingerprint density at radius 1 is 1.31 bits per heavy atom. The molecule has 0 unspecified atom stereocenters. The average Bonchev–Trinajstić information content (AvgIpc) is 2.68. The molecule has 1 N–H and O–H groups in total. The molecule has 0 radical (unpaired) electrons. The number of nitrogens with one attached hydrogen (secondary N) is 1. The number of carbonyl (C=O) groups excluding carboxylic acids is 1. The first-order valence-corrected chi connectivity index (χ1v) is 5.37. The second-order valence-electron chi connectivity index (χ2n) is 3.98. The van der Waals surface area contributed by atoms with Crippen molar-refractivity contribution in [2.45, 2.75) is 20.3 Å². The van der Waals surface area contributed by atoms with E-state index in [2.05, 4.69) is 5.32 Å². The summed E-state index contributed by atoms with van der Waals surface area (Å²) in [5, 5.41) is 3.22. The summed E-state index contributed by atoms with van der Waals surface area (Å²) in [6.45, 7) is 4.45. The summed E-state index contributed by atoms with van der Waals surface area (Å²) in [5.74, 6) is -0.197. The highest BCUT2D eigenvalue weighted by Crippen LogP contribution is 2.19. The van der Waals surface area contributed by atoms with Gasteiger partial charge in [-0.25, -0.2) is 4.79 Å². The van der Waals surface area contributed by atoms with Gasteiger partial charge in [-0.3, -0.25) is 0 Å². The molecule has 1 aliphatic heterocycles. The molecule has 3 heteroatoms. The maximum atomic E-state index is 11.3. The first-order valence-electron chi connectivity index (χ1n) is 5.37. The minimum atomic E-state index is -0.197. The highest BCUT2D eigenvalue weighted by Gasteiger charge is 2.21. The lowest BCUT2D eigenvalue weighted by Crippen LogP contribution is -2.04. The molecule has 1 aromatic rings. The van der Waals surface area contributed by atoms with Gasteiger partial charge in [0, 0.05) is 17.8 Å². The van der Waals surface area contributed by atoms with Gasteiger partial charge in [0.2, 0.25) is 0 Å². The largest absolute Gasteiger partial charge is 0.462 e. The molecular formula is C13H15NO2. The molecule has 1 fully saturated rings. The second-order valence-corrected chi connectivity index (χ2v) is 3.98. The van der Waals surface area contributed by atoms with Crippen molar-refractivity contribution in [3.05, 3.63) is 41.1 Å². The number of rotatable bonds is 2. The van der Waals surface area contributed by atoms with E-state index < -0.39 is 0 Å². The topological polar surface area (TPSA) is 38.3 Å². The van der Waals surface area contributed by atoms with Crippen molar-refractivity contribution in [3.63, 3.8) is 0 Å². The van der Waals surface area contributed by atoms with E-state index in [9.17, 15) is 4.79 Å². The second kappa shape index (κ2) is 4.39. The van der Waals surface area contributed by atoms with Gasteiger partial charge in [-0.2, -0.15) is 0 Å². The van der Waals surface area contributed by atoms with Crippen LogP contribution in [0.5, 0.6) is 0 Å². The van der Waals surface area contributed by atoms with Crippen LogP contribution in [-0.4, -0.2) is 12.6 Å². The van der Waals surface area contributed by atoms with Crippen molar-refractivity contribution in [2.75, 3.05) is 11.9 Å². The number of cyclic esters (lactones) is 1. The van der Waals surface area contributed by atoms with Gasteiger partial charge >= 0.3 is 5.97 Å².